The molecule has 1 aliphatic heterocycles. The second-order valence-electron chi connectivity index (χ2n) is 8.64. The molecule has 0 unspecified atom stereocenters. The maximum Gasteiger partial charge on any atom is 0.308 e. The molecule has 7 nitrogen and oxygen atoms in total. The van der Waals surface area contributed by atoms with E-state index in [4.69, 9.17) is 9.72 Å². The monoisotopic (exact) mass is 460 g/mol. The van der Waals surface area contributed by atoms with Gasteiger partial charge in [-0.25, -0.2) is 4.98 Å². The lowest BCUT2D eigenvalue weighted by Gasteiger charge is -2.19. The number of rotatable bonds is 10. The molecule has 0 spiro atoms. The average Bonchev–Trinajstić information content (AvgIpc) is 2.86. The summed E-state index contributed by atoms with van der Waals surface area (Å²) < 4.78 is 5.13. The number of carbonyl (C=O) groups excluding carboxylic acids is 2. The SMILES string of the molecule is CCOC(=O)C[C@H](NC(=O)CCCCc1ccc2c(n1)NCCC2)c1cnc2ccccc2c1. The highest BCUT2D eigenvalue weighted by atomic mass is 16.5. The van der Waals surface area contributed by atoms with Gasteiger partial charge in [-0.3, -0.25) is 14.6 Å². The van der Waals surface area contributed by atoms with E-state index in [2.05, 4.69) is 27.8 Å². The first-order valence-corrected chi connectivity index (χ1v) is 12.1. The molecule has 4 rings (SSSR count). The zero-order valence-electron chi connectivity index (χ0n) is 19.7. The largest absolute Gasteiger partial charge is 0.466 e. The van der Waals surface area contributed by atoms with Crippen molar-refractivity contribution >= 4 is 28.6 Å². The van der Waals surface area contributed by atoms with E-state index in [0.29, 0.717) is 13.0 Å². The standard InChI is InChI=1S/C27H32N4O3/c1-2-34-26(33)17-24(21-16-20-8-3-5-11-23(20)29-18-21)31-25(32)12-6-4-10-22-14-13-19-9-7-15-28-27(19)30-22/h3,5,8,11,13-14,16,18,24H,2,4,6-7,9-10,12,15,17H2,1H3,(H,28,30)(H,31,32)/t24-/m0/s1. The van der Waals surface area contributed by atoms with Crippen molar-refractivity contribution in [2.45, 2.75) is 57.9 Å². The summed E-state index contributed by atoms with van der Waals surface area (Å²) in [7, 11) is 0. The van der Waals surface area contributed by atoms with Gasteiger partial charge in [0.15, 0.2) is 0 Å². The van der Waals surface area contributed by atoms with Crippen LogP contribution in [0.25, 0.3) is 10.9 Å². The van der Waals surface area contributed by atoms with Gasteiger partial charge in [-0.1, -0.05) is 24.3 Å². The first-order valence-electron chi connectivity index (χ1n) is 12.1. The molecule has 0 radical (unpaired) electrons. The summed E-state index contributed by atoms with van der Waals surface area (Å²) in [6.07, 6.45) is 6.88. The van der Waals surface area contributed by atoms with Gasteiger partial charge < -0.3 is 15.4 Å². The van der Waals surface area contributed by atoms with E-state index in [9.17, 15) is 9.59 Å². The summed E-state index contributed by atoms with van der Waals surface area (Å²) in [4.78, 5) is 34.1. The van der Waals surface area contributed by atoms with Crippen molar-refractivity contribution in [3.63, 3.8) is 0 Å². The lowest BCUT2D eigenvalue weighted by molar-refractivity contribution is -0.143. The summed E-state index contributed by atoms with van der Waals surface area (Å²) >= 11 is 0. The van der Waals surface area contributed by atoms with Gasteiger partial charge in [0.1, 0.15) is 5.82 Å². The number of para-hydroxylation sites is 1. The van der Waals surface area contributed by atoms with Gasteiger partial charge in [0.2, 0.25) is 5.91 Å². The molecule has 2 aromatic heterocycles. The topological polar surface area (TPSA) is 93.2 Å². The number of nitrogens with one attached hydrogen (secondary N) is 2. The average molecular weight is 461 g/mol. The Labute approximate surface area is 200 Å². The summed E-state index contributed by atoms with van der Waals surface area (Å²) in [5, 5.41) is 7.36. The zero-order chi connectivity index (χ0) is 23.8. The van der Waals surface area contributed by atoms with Crippen molar-refractivity contribution in [2.75, 3.05) is 18.5 Å². The predicted octanol–water partition coefficient (Wildman–Crippen LogP) is 4.51. The number of aromatic nitrogens is 2. The predicted molar refractivity (Wildman–Crippen MR) is 132 cm³/mol. The molecular formula is C27H32N4O3. The highest BCUT2D eigenvalue weighted by Gasteiger charge is 2.20. The Hall–Kier alpha value is -3.48. The molecule has 1 aliphatic rings. The second-order valence-corrected chi connectivity index (χ2v) is 8.64. The quantitative estimate of drug-likeness (QED) is 0.342. The van der Waals surface area contributed by atoms with Gasteiger partial charge in [-0.2, -0.15) is 0 Å². The van der Waals surface area contributed by atoms with Crippen LogP contribution in [0.3, 0.4) is 0 Å². The maximum atomic E-state index is 12.7. The Kier molecular flexibility index (Phi) is 8.07. The van der Waals surface area contributed by atoms with Crippen LogP contribution in [0.5, 0.6) is 0 Å². The third-order valence-electron chi connectivity index (χ3n) is 6.06. The number of anilines is 1. The molecule has 0 saturated heterocycles. The van der Waals surface area contributed by atoms with E-state index < -0.39 is 6.04 Å². The summed E-state index contributed by atoms with van der Waals surface area (Å²) in [6.45, 7) is 3.06. The molecule has 0 saturated carbocycles. The van der Waals surface area contributed by atoms with E-state index in [0.717, 1.165) is 66.6 Å². The lowest BCUT2D eigenvalue weighted by atomic mass is 10.0. The minimum absolute atomic E-state index is 0.0750. The van der Waals surface area contributed by atoms with Crippen molar-refractivity contribution in [1.82, 2.24) is 15.3 Å². The number of nitrogens with zero attached hydrogens (tertiary/aromatic N) is 2. The highest BCUT2D eigenvalue weighted by Crippen LogP contribution is 2.23. The van der Waals surface area contributed by atoms with E-state index >= 15 is 0 Å². The van der Waals surface area contributed by atoms with Gasteiger partial charge in [0.25, 0.3) is 0 Å². The molecule has 7 heteroatoms. The van der Waals surface area contributed by atoms with Crippen molar-refractivity contribution in [2.24, 2.45) is 0 Å². The van der Waals surface area contributed by atoms with E-state index in [1.54, 1.807) is 13.1 Å². The van der Waals surface area contributed by atoms with Gasteiger partial charge in [0.05, 0.1) is 24.6 Å². The zero-order valence-corrected chi connectivity index (χ0v) is 19.7. The van der Waals surface area contributed by atoms with Crippen molar-refractivity contribution in [3.8, 4) is 0 Å². The fourth-order valence-electron chi connectivity index (χ4n) is 4.28. The Morgan fingerprint density at radius 2 is 2.06 bits per heavy atom. The summed E-state index contributed by atoms with van der Waals surface area (Å²) in [6, 6.07) is 13.5. The fraction of sp³-hybridized carbons (Fsp3) is 0.407. The number of hydrogen-bond acceptors (Lipinski definition) is 6. The molecule has 0 fully saturated rings. The van der Waals surface area contributed by atoms with Crippen LogP contribution >= 0.6 is 0 Å². The number of hydrogen-bond donors (Lipinski definition) is 2. The first-order chi connectivity index (χ1) is 16.6. The van der Waals surface area contributed by atoms with Crippen LogP contribution in [0, 0.1) is 0 Å². The fourth-order valence-corrected chi connectivity index (χ4v) is 4.28. The molecule has 3 aromatic rings. The minimum Gasteiger partial charge on any atom is -0.466 e. The molecule has 34 heavy (non-hydrogen) atoms. The Morgan fingerprint density at radius 3 is 2.94 bits per heavy atom. The number of aryl methyl sites for hydroxylation is 2. The first kappa shape index (κ1) is 23.7. The molecule has 2 N–H and O–H groups in total. The number of carbonyl (C=O) groups is 2. The second kappa shape index (κ2) is 11.6. The number of ether oxygens (including phenoxy) is 1. The number of fused-ring (bicyclic) bond motifs is 2. The van der Waals surface area contributed by atoms with E-state index in [1.165, 1.54) is 5.56 Å². The van der Waals surface area contributed by atoms with Crippen molar-refractivity contribution < 1.29 is 14.3 Å². The van der Waals surface area contributed by atoms with Gasteiger partial charge in [-0.15, -0.1) is 0 Å². The number of unbranched alkanes of at least 4 members (excludes halogenated alkanes) is 1. The van der Waals surface area contributed by atoms with Gasteiger partial charge in [-0.05, 0) is 68.4 Å². The van der Waals surface area contributed by atoms with Gasteiger partial charge in [0, 0.05) is 30.2 Å². The van der Waals surface area contributed by atoms with Crippen LogP contribution in [-0.4, -0.2) is 35.0 Å². The molecular weight excluding hydrogens is 428 g/mol. The third kappa shape index (κ3) is 6.31. The smallest absolute Gasteiger partial charge is 0.308 e. The van der Waals surface area contributed by atoms with Crippen LogP contribution in [0.4, 0.5) is 5.82 Å². The number of pyridine rings is 2. The number of amides is 1. The number of benzene rings is 1. The highest BCUT2D eigenvalue weighted by molar-refractivity contribution is 5.81. The maximum absolute atomic E-state index is 12.7. The van der Waals surface area contributed by atoms with Crippen LogP contribution in [-0.2, 0) is 27.2 Å². The van der Waals surface area contributed by atoms with Crippen LogP contribution in [0.1, 0.15) is 61.9 Å². The molecule has 1 amide bonds. The lowest BCUT2D eigenvalue weighted by Crippen LogP contribution is -2.30. The summed E-state index contributed by atoms with van der Waals surface area (Å²) in [5.74, 6) is 0.586. The van der Waals surface area contributed by atoms with Crippen LogP contribution in [0.15, 0.2) is 48.7 Å². The normalized spacial score (nSPS) is 13.6. The molecule has 178 valence electrons. The molecule has 1 atom stereocenters. The van der Waals surface area contributed by atoms with E-state index in [1.807, 2.05) is 30.3 Å². The van der Waals surface area contributed by atoms with E-state index in [-0.39, 0.29) is 18.3 Å². The van der Waals surface area contributed by atoms with Crippen molar-refractivity contribution in [1.29, 1.82) is 0 Å². The molecule has 3 heterocycles. The Bertz CT molecular complexity index is 1150. The number of esters is 1. The molecule has 0 bridgehead atoms. The Balaban J connectivity index is 1.33. The molecule has 1 aromatic carbocycles. The minimum atomic E-state index is -0.475. The third-order valence-corrected chi connectivity index (χ3v) is 6.06. The van der Waals surface area contributed by atoms with Crippen molar-refractivity contribution in [3.05, 3.63) is 65.5 Å². The van der Waals surface area contributed by atoms with Crippen LogP contribution < -0.4 is 10.6 Å². The van der Waals surface area contributed by atoms with Gasteiger partial charge >= 0.3 is 5.97 Å². The Morgan fingerprint density at radius 1 is 1.18 bits per heavy atom. The molecule has 0 aliphatic carbocycles. The summed E-state index contributed by atoms with van der Waals surface area (Å²) in [5.41, 5.74) is 4.01. The van der Waals surface area contributed by atoms with Crippen LogP contribution in [0.2, 0.25) is 0 Å².